The molecule has 0 aromatic carbocycles. The molecule has 1 fully saturated rings. The third kappa shape index (κ3) is 8.45. The van der Waals surface area contributed by atoms with Crippen molar-refractivity contribution in [1.82, 2.24) is 4.90 Å². The van der Waals surface area contributed by atoms with E-state index >= 15 is 0 Å². The van der Waals surface area contributed by atoms with E-state index in [9.17, 15) is 4.79 Å². The molecule has 1 aliphatic heterocycles. The van der Waals surface area contributed by atoms with Crippen LogP contribution in [0.2, 0.25) is 0 Å². The maximum Gasteiger partial charge on any atom is 0.310 e. The van der Waals surface area contributed by atoms with Gasteiger partial charge in [-0.2, -0.15) is 0 Å². The summed E-state index contributed by atoms with van der Waals surface area (Å²) in [5.74, 6) is 0.0960. The average molecular weight is 297 g/mol. The minimum absolute atomic E-state index is 0.0272. The highest BCUT2D eigenvalue weighted by atomic mass is 16.5. The highest BCUT2D eigenvalue weighted by Crippen LogP contribution is 2.18. The van der Waals surface area contributed by atoms with Crippen LogP contribution in [0.1, 0.15) is 77.6 Å². The van der Waals surface area contributed by atoms with Crippen LogP contribution < -0.4 is 0 Å². The van der Waals surface area contributed by atoms with E-state index in [0.29, 0.717) is 0 Å². The van der Waals surface area contributed by atoms with Gasteiger partial charge in [0.15, 0.2) is 0 Å². The van der Waals surface area contributed by atoms with Gasteiger partial charge in [-0.05, 0) is 25.9 Å². The van der Waals surface area contributed by atoms with Crippen molar-refractivity contribution in [1.29, 1.82) is 0 Å². The molecule has 1 rings (SSSR count). The van der Waals surface area contributed by atoms with Gasteiger partial charge >= 0.3 is 5.97 Å². The second-order valence-electron chi connectivity index (χ2n) is 6.49. The van der Waals surface area contributed by atoms with Gasteiger partial charge in [0.1, 0.15) is 0 Å². The van der Waals surface area contributed by atoms with E-state index in [1.54, 1.807) is 0 Å². The number of carbonyl (C=O) groups is 1. The van der Waals surface area contributed by atoms with Crippen LogP contribution in [0.4, 0.5) is 0 Å². The van der Waals surface area contributed by atoms with Crippen LogP contribution in [0.3, 0.4) is 0 Å². The first-order chi connectivity index (χ1) is 10.3. The predicted molar refractivity (Wildman–Crippen MR) is 88.4 cm³/mol. The molecule has 1 heterocycles. The van der Waals surface area contributed by atoms with Crippen molar-refractivity contribution in [2.45, 2.75) is 77.6 Å². The third-order valence-electron chi connectivity index (χ3n) is 4.63. The normalized spacial score (nSPS) is 19.0. The molecular formula is C18H35NO2. The first-order valence-corrected chi connectivity index (χ1v) is 9.08. The number of hydrogen-bond donors (Lipinski definition) is 0. The van der Waals surface area contributed by atoms with Gasteiger partial charge in [0.25, 0.3) is 0 Å². The van der Waals surface area contributed by atoms with Crippen LogP contribution in [0.15, 0.2) is 0 Å². The van der Waals surface area contributed by atoms with Crippen molar-refractivity contribution in [3.63, 3.8) is 0 Å². The molecule has 0 amide bonds. The van der Waals surface area contributed by atoms with Crippen molar-refractivity contribution in [3.05, 3.63) is 0 Å². The lowest BCUT2D eigenvalue weighted by atomic mass is 10.1. The van der Waals surface area contributed by atoms with E-state index < -0.39 is 0 Å². The molecule has 124 valence electrons. The molecule has 0 saturated carbocycles. The fraction of sp³-hybridized carbons (Fsp3) is 0.944. The standard InChI is InChI=1S/C18H35NO2/c1-3-4-5-6-7-8-9-10-11-12-14-19-15-13-17(16-19)18(20)21-2/h17H,3-16H2,1-2H3. The SMILES string of the molecule is CCCCCCCCCCCCN1CCC(C(=O)OC)C1. The molecule has 1 atom stereocenters. The monoisotopic (exact) mass is 297 g/mol. The summed E-state index contributed by atoms with van der Waals surface area (Å²) < 4.78 is 4.82. The van der Waals surface area contributed by atoms with Crippen LogP contribution in [-0.2, 0) is 9.53 Å². The Labute approximate surface area is 131 Å². The molecular weight excluding hydrogens is 262 g/mol. The zero-order valence-electron chi connectivity index (χ0n) is 14.2. The van der Waals surface area contributed by atoms with Crippen LogP contribution in [0, 0.1) is 5.92 Å². The maximum absolute atomic E-state index is 11.5. The van der Waals surface area contributed by atoms with Crippen molar-refractivity contribution in [2.75, 3.05) is 26.7 Å². The molecule has 0 aromatic rings. The Balaban J connectivity index is 1.86. The first kappa shape index (κ1) is 18.5. The zero-order chi connectivity index (χ0) is 15.3. The van der Waals surface area contributed by atoms with E-state index in [2.05, 4.69) is 11.8 Å². The lowest BCUT2D eigenvalue weighted by Crippen LogP contribution is -2.24. The number of ether oxygens (including phenoxy) is 1. The molecule has 1 saturated heterocycles. The Morgan fingerprint density at radius 2 is 1.57 bits per heavy atom. The van der Waals surface area contributed by atoms with Crippen molar-refractivity contribution < 1.29 is 9.53 Å². The molecule has 0 aliphatic carbocycles. The molecule has 1 unspecified atom stereocenters. The molecule has 21 heavy (non-hydrogen) atoms. The van der Waals surface area contributed by atoms with E-state index in [-0.39, 0.29) is 11.9 Å². The number of likely N-dealkylation sites (tertiary alicyclic amines) is 1. The Morgan fingerprint density at radius 1 is 1.00 bits per heavy atom. The van der Waals surface area contributed by atoms with Crippen molar-refractivity contribution in [3.8, 4) is 0 Å². The van der Waals surface area contributed by atoms with Gasteiger partial charge in [-0.15, -0.1) is 0 Å². The summed E-state index contributed by atoms with van der Waals surface area (Å²) in [7, 11) is 1.49. The molecule has 0 spiro atoms. The quantitative estimate of drug-likeness (QED) is 0.395. The van der Waals surface area contributed by atoms with Gasteiger partial charge in [0.2, 0.25) is 0 Å². The number of nitrogens with zero attached hydrogens (tertiary/aromatic N) is 1. The van der Waals surface area contributed by atoms with E-state index in [1.165, 1.54) is 71.3 Å². The largest absolute Gasteiger partial charge is 0.469 e. The first-order valence-electron chi connectivity index (χ1n) is 9.08. The second kappa shape index (κ2) is 12.0. The van der Waals surface area contributed by atoms with Gasteiger partial charge in [-0.25, -0.2) is 0 Å². The smallest absolute Gasteiger partial charge is 0.310 e. The molecule has 0 aromatic heterocycles. The number of esters is 1. The zero-order valence-corrected chi connectivity index (χ0v) is 14.2. The fourth-order valence-electron chi connectivity index (χ4n) is 3.22. The molecule has 1 aliphatic rings. The molecule has 3 heteroatoms. The van der Waals surface area contributed by atoms with E-state index in [1.807, 2.05) is 0 Å². The summed E-state index contributed by atoms with van der Waals surface area (Å²) in [6, 6.07) is 0. The van der Waals surface area contributed by atoms with Gasteiger partial charge in [0, 0.05) is 6.54 Å². The van der Waals surface area contributed by atoms with Crippen molar-refractivity contribution in [2.24, 2.45) is 5.92 Å². The molecule has 0 radical (unpaired) electrons. The van der Waals surface area contributed by atoms with Gasteiger partial charge in [-0.1, -0.05) is 64.7 Å². The Bertz CT molecular complexity index is 268. The number of hydrogen-bond acceptors (Lipinski definition) is 3. The number of methoxy groups -OCH3 is 1. The Kier molecular flexibility index (Phi) is 10.6. The summed E-state index contributed by atoms with van der Waals surface area (Å²) in [6.45, 7) is 5.40. The maximum atomic E-state index is 11.5. The van der Waals surface area contributed by atoms with Crippen molar-refractivity contribution >= 4 is 5.97 Å². The lowest BCUT2D eigenvalue weighted by molar-refractivity contribution is -0.144. The van der Waals surface area contributed by atoms with Gasteiger partial charge in [-0.3, -0.25) is 4.79 Å². The summed E-state index contributed by atoms with van der Waals surface area (Å²) in [5.41, 5.74) is 0. The Morgan fingerprint density at radius 3 is 2.14 bits per heavy atom. The fourth-order valence-corrected chi connectivity index (χ4v) is 3.22. The lowest BCUT2D eigenvalue weighted by Gasteiger charge is -2.15. The highest BCUT2D eigenvalue weighted by Gasteiger charge is 2.28. The number of carbonyl (C=O) groups excluding carboxylic acids is 1. The van der Waals surface area contributed by atoms with Gasteiger partial charge in [0.05, 0.1) is 13.0 Å². The van der Waals surface area contributed by atoms with Crippen LogP contribution >= 0.6 is 0 Å². The average Bonchev–Trinajstić information content (AvgIpc) is 2.97. The summed E-state index contributed by atoms with van der Waals surface area (Å²) in [6.07, 6.45) is 14.8. The molecule has 0 N–H and O–H groups in total. The van der Waals surface area contributed by atoms with Crippen LogP contribution in [0.25, 0.3) is 0 Å². The highest BCUT2D eigenvalue weighted by molar-refractivity contribution is 5.72. The van der Waals surface area contributed by atoms with Gasteiger partial charge < -0.3 is 9.64 Å². The summed E-state index contributed by atoms with van der Waals surface area (Å²) >= 11 is 0. The number of rotatable bonds is 12. The Hall–Kier alpha value is -0.570. The minimum Gasteiger partial charge on any atom is -0.469 e. The van der Waals surface area contributed by atoms with Crippen LogP contribution in [-0.4, -0.2) is 37.6 Å². The van der Waals surface area contributed by atoms with E-state index in [4.69, 9.17) is 4.74 Å². The summed E-state index contributed by atoms with van der Waals surface area (Å²) in [4.78, 5) is 13.9. The molecule has 3 nitrogen and oxygen atoms in total. The van der Waals surface area contributed by atoms with E-state index in [0.717, 1.165) is 26.1 Å². The predicted octanol–water partition coefficient (Wildman–Crippen LogP) is 4.40. The minimum atomic E-state index is -0.0272. The topological polar surface area (TPSA) is 29.5 Å². The van der Waals surface area contributed by atoms with Crippen LogP contribution in [0.5, 0.6) is 0 Å². The summed E-state index contributed by atoms with van der Waals surface area (Å²) in [5, 5.41) is 0. The third-order valence-corrected chi connectivity index (χ3v) is 4.63. The molecule has 0 bridgehead atoms. The second-order valence-corrected chi connectivity index (χ2v) is 6.49. The number of unbranched alkanes of at least 4 members (excludes halogenated alkanes) is 9.